The van der Waals surface area contributed by atoms with Crippen LogP contribution in [0.15, 0.2) is 0 Å². The first-order valence-corrected chi connectivity index (χ1v) is 4.92. The molecule has 76 valence electrons. The fourth-order valence-corrected chi connectivity index (χ4v) is 1.94. The number of hydrogen-bond donors (Lipinski definition) is 0. The van der Waals surface area contributed by atoms with Gasteiger partial charge in [-0.25, -0.2) is 0 Å². The van der Waals surface area contributed by atoms with Crippen molar-refractivity contribution in [2.45, 2.75) is 38.2 Å². The summed E-state index contributed by atoms with van der Waals surface area (Å²) in [6.45, 7) is 0.347. The van der Waals surface area contributed by atoms with Gasteiger partial charge in [0.05, 0.1) is 6.10 Å². The third-order valence-electron chi connectivity index (χ3n) is 2.64. The van der Waals surface area contributed by atoms with Crippen molar-refractivity contribution in [2.24, 2.45) is 5.92 Å². The summed E-state index contributed by atoms with van der Waals surface area (Å²) in [5.74, 6) is 0.418. The van der Waals surface area contributed by atoms with Crippen molar-refractivity contribution in [3.63, 3.8) is 0 Å². The molecular formula is C10H18O3. The zero-order valence-corrected chi connectivity index (χ0v) is 8.20. The van der Waals surface area contributed by atoms with Crippen molar-refractivity contribution in [1.29, 1.82) is 0 Å². The zero-order chi connectivity index (χ0) is 9.52. The van der Waals surface area contributed by atoms with Gasteiger partial charge in [0, 0.05) is 13.5 Å². The Labute approximate surface area is 79.4 Å². The third-order valence-corrected chi connectivity index (χ3v) is 2.64. The van der Waals surface area contributed by atoms with Crippen LogP contribution in [0.1, 0.15) is 32.1 Å². The van der Waals surface area contributed by atoms with Crippen molar-refractivity contribution in [1.82, 2.24) is 0 Å². The van der Waals surface area contributed by atoms with E-state index in [9.17, 15) is 4.79 Å². The van der Waals surface area contributed by atoms with E-state index in [-0.39, 0.29) is 6.10 Å². The molecule has 1 aliphatic rings. The second-order valence-corrected chi connectivity index (χ2v) is 3.56. The Morgan fingerprint density at radius 1 is 1.38 bits per heavy atom. The molecule has 1 rings (SSSR count). The van der Waals surface area contributed by atoms with Crippen molar-refractivity contribution in [3.8, 4) is 0 Å². The first kappa shape index (κ1) is 10.7. The molecule has 2 atom stereocenters. The number of ether oxygens (including phenoxy) is 2. The highest BCUT2D eigenvalue weighted by atomic mass is 16.7. The largest absolute Gasteiger partial charge is 0.359 e. The summed E-state index contributed by atoms with van der Waals surface area (Å²) in [7, 11) is 1.62. The monoisotopic (exact) mass is 186 g/mol. The quantitative estimate of drug-likeness (QED) is 0.484. The Hall–Kier alpha value is -0.410. The first-order chi connectivity index (χ1) is 6.38. The lowest BCUT2D eigenvalue weighted by molar-refractivity contribution is -0.118. The van der Waals surface area contributed by atoms with Crippen LogP contribution in [0, 0.1) is 5.92 Å². The lowest BCUT2D eigenvalue weighted by Crippen LogP contribution is -2.28. The van der Waals surface area contributed by atoms with Crippen LogP contribution in [-0.4, -0.2) is 26.3 Å². The van der Waals surface area contributed by atoms with Crippen LogP contribution in [0.2, 0.25) is 0 Å². The Morgan fingerprint density at radius 2 is 2.15 bits per heavy atom. The maximum absolute atomic E-state index is 10.4. The number of hydrogen-bond acceptors (Lipinski definition) is 3. The molecule has 3 heteroatoms. The lowest BCUT2D eigenvalue weighted by Gasteiger charge is -2.29. The molecule has 0 aromatic heterocycles. The van der Waals surface area contributed by atoms with Crippen molar-refractivity contribution in [2.75, 3.05) is 13.9 Å². The van der Waals surface area contributed by atoms with Gasteiger partial charge in [-0.15, -0.1) is 0 Å². The molecule has 0 bridgehead atoms. The highest BCUT2D eigenvalue weighted by Gasteiger charge is 2.25. The predicted octanol–water partition coefficient (Wildman–Crippen LogP) is 1.75. The van der Waals surface area contributed by atoms with Crippen LogP contribution in [0.4, 0.5) is 0 Å². The van der Waals surface area contributed by atoms with Gasteiger partial charge in [0.2, 0.25) is 0 Å². The molecule has 0 spiro atoms. The molecule has 1 saturated carbocycles. The summed E-state index contributed by atoms with van der Waals surface area (Å²) >= 11 is 0. The molecule has 0 amide bonds. The fourth-order valence-electron chi connectivity index (χ4n) is 1.94. The highest BCUT2D eigenvalue weighted by Crippen LogP contribution is 2.28. The SMILES string of the molecule is COCO[C@@H]1CCCC[C@@H]1CC=O. The predicted molar refractivity (Wildman–Crippen MR) is 49.4 cm³/mol. The first-order valence-electron chi connectivity index (χ1n) is 4.92. The van der Waals surface area contributed by atoms with Gasteiger partial charge in [0.15, 0.2) is 0 Å². The smallest absolute Gasteiger partial charge is 0.146 e. The van der Waals surface area contributed by atoms with Crippen LogP contribution < -0.4 is 0 Å². The van der Waals surface area contributed by atoms with Crippen LogP contribution in [-0.2, 0) is 14.3 Å². The van der Waals surface area contributed by atoms with Gasteiger partial charge in [0.25, 0.3) is 0 Å². The fraction of sp³-hybridized carbons (Fsp3) is 0.900. The number of methoxy groups -OCH3 is 1. The second kappa shape index (κ2) is 6.11. The van der Waals surface area contributed by atoms with Gasteiger partial charge < -0.3 is 14.3 Å². The van der Waals surface area contributed by atoms with Gasteiger partial charge >= 0.3 is 0 Å². The minimum atomic E-state index is 0.235. The molecule has 0 saturated heterocycles. The van der Waals surface area contributed by atoms with E-state index >= 15 is 0 Å². The van der Waals surface area contributed by atoms with Crippen LogP contribution in [0.3, 0.4) is 0 Å². The normalized spacial score (nSPS) is 28.7. The van der Waals surface area contributed by atoms with Crippen LogP contribution >= 0.6 is 0 Å². The van der Waals surface area contributed by atoms with Gasteiger partial charge in [-0.05, 0) is 18.8 Å². The second-order valence-electron chi connectivity index (χ2n) is 3.56. The van der Waals surface area contributed by atoms with Gasteiger partial charge in [-0.3, -0.25) is 0 Å². The van der Waals surface area contributed by atoms with Crippen molar-refractivity contribution in [3.05, 3.63) is 0 Å². The minimum Gasteiger partial charge on any atom is -0.359 e. The lowest BCUT2D eigenvalue weighted by atomic mass is 9.85. The summed E-state index contributed by atoms with van der Waals surface area (Å²) in [5, 5.41) is 0. The third kappa shape index (κ3) is 3.44. The van der Waals surface area contributed by atoms with E-state index in [1.54, 1.807) is 7.11 Å². The molecule has 1 aliphatic carbocycles. The van der Waals surface area contributed by atoms with E-state index in [1.165, 1.54) is 12.8 Å². The standard InChI is InChI=1S/C10H18O3/c1-12-8-13-10-5-3-2-4-9(10)6-7-11/h7,9-10H,2-6,8H2,1H3/t9-,10-/m1/s1. The molecule has 0 aromatic carbocycles. The van der Waals surface area contributed by atoms with Crippen molar-refractivity contribution < 1.29 is 14.3 Å². The van der Waals surface area contributed by atoms with E-state index in [1.807, 2.05) is 0 Å². The summed E-state index contributed by atoms with van der Waals surface area (Å²) in [6, 6.07) is 0. The molecule has 0 heterocycles. The van der Waals surface area contributed by atoms with Gasteiger partial charge in [0.1, 0.15) is 13.1 Å². The number of carbonyl (C=O) groups excluding carboxylic acids is 1. The summed E-state index contributed by atoms with van der Waals surface area (Å²) in [4.78, 5) is 10.4. The average molecular weight is 186 g/mol. The molecule has 13 heavy (non-hydrogen) atoms. The van der Waals surface area contributed by atoms with E-state index in [0.717, 1.165) is 19.1 Å². The van der Waals surface area contributed by atoms with Gasteiger partial charge in [-0.2, -0.15) is 0 Å². The summed E-state index contributed by atoms with van der Waals surface area (Å²) < 4.78 is 10.4. The number of rotatable bonds is 5. The maximum atomic E-state index is 10.4. The van der Waals surface area contributed by atoms with E-state index in [4.69, 9.17) is 9.47 Å². The Balaban J connectivity index is 2.32. The maximum Gasteiger partial charge on any atom is 0.146 e. The number of carbonyl (C=O) groups is 1. The van der Waals surface area contributed by atoms with E-state index < -0.39 is 0 Å². The van der Waals surface area contributed by atoms with Gasteiger partial charge in [-0.1, -0.05) is 12.8 Å². The molecule has 0 N–H and O–H groups in total. The Kier molecular flexibility index (Phi) is 5.01. The van der Waals surface area contributed by atoms with Crippen LogP contribution in [0.25, 0.3) is 0 Å². The molecular weight excluding hydrogens is 168 g/mol. The summed E-state index contributed by atoms with van der Waals surface area (Å²) in [5.41, 5.74) is 0. The van der Waals surface area contributed by atoms with E-state index in [0.29, 0.717) is 19.1 Å². The molecule has 0 aromatic rings. The zero-order valence-electron chi connectivity index (χ0n) is 8.20. The minimum absolute atomic E-state index is 0.235. The topological polar surface area (TPSA) is 35.5 Å². The molecule has 1 fully saturated rings. The number of aldehydes is 1. The molecule has 0 unspecified atom stereocenters. The highest BCUT2D eigenvalue weighted by molar-refractivity contribution is 5.49. The summed E-state index contributed by atoms with van der Waals surface area (Å²) in [6.07, 6.45) is 6.50. The molecule has 3 nitrogen and oxygen atoms in total. The average Bonchev–Trinajstić information content (AvgIpc) is 2.17. The molecule has 0 aliphatic heterocycles. The van der Waals surface area contributed by atoms with E-state index in [2.05, 4.69) is 0 Å². The van der Waals surface area contributed by atoms with Crippen LogP contribution in [0.5, 0.6) is 0 Å². The van der Waals surface area contributed by atoms with Crippen molar-refractivity contribution >= 4 is 6.29 Å². The Bertz CT molecular complexity index is 147. The molecule has 0 radical (unpaired) electrons. The Morgan fingerprint density at radius 3 is 2.85 bits per heavy atom.